The van der Waals surface area contributed by atoms with Crippen LogP contribution in [0.4, 0.5) is 11.4 Å². The van der Waals surface area contributed by atoms with E-state index in [4.69, 9.17) is 0 Å². The summed E-state index contributed by atoms with van der Waals surface area (Å²) in [6.07, 6.45) is 4.29. The van der Waals surface area contributed by atoms with E-state index >= 15 is 0 Å². The molecule has 5 aromatic rings. The smallest absolute Gasteiger partial charge is 0.141 e. The summed E-state index contributed by atoms with van der Waals surface area (Å²) in [6.45, 7) is 4.25. The first-order valence-corrected chi connectivity index (χ1v) is 11.5. The Bertz CT molecular complexity index is 1440. The minimum Gasteiger partial charge on any atom is -0.355 e. The summed E-state index contributed by atoms with van der Waals surface area (Å²) in [6, 6.07) is 25.9. The summed E-state index contributed by atoms with van der Waals surface area (Å²) in [7, 11) is 0. The molecule has 33 heavy (non-hydrogen) atoms. The Kier molecular flexibility index (Phi) is 4.72. The van der Waals surface area contributed by atoms with Gasteiger partial charge in [-0.1, -0.05) is 54.1 Å². The van der Waals surface area contributed by atoms with Crippen LogP contribution in [0.2, 0.25) is 0 Å². The molecule has 1 aliphatic rings. The van der Waals surface area contributed by atoms with Gasteiger partial charge in [-0.05, 0) is 73.6 Å². The number of anilines is 2. The molecule has 0 amide bonds. The van der Waals surface area contributed by atoms with Crippen molar-refractivity contribution >= 4 is 22.4 Å². The number of fused-ring (bicyclic) bond motifs is 1. The van der Waals surface area contributed by atoms with Gasteiger partial charge in [-0.25, -0.2) is 9.97 Å². The first-order valence-electron chi connectivity index (χ1n) is 11.5. The van der Waals surface area contributed by atoms with Crippen LogP contribution in [0.5, 0.6) is 0 Å². The monoisotopic (exact) mass is 430 g/mol. The van der Waals surface area contributed by atoms with Crippen molar-refractivity contribution in [2.45, 2.75) is 32.6 Å². The number of H-pyrrole nitrogens is 1. The van der Waals surface area contributed by atoms with E-state index in [1.165, 1.54) is 29.5 Å². The van der Waals surface area contributed by atoms with E-state index in [1.807, 2.05) is 0 Å². The SMILES string of the molecule is Cc1ccc(-c2cc3c(-c4cccc(Nc5ccc(C6CC6)cc5)c4C)ncnc3[nH]2)cc1. The molecule has 2 aromatic heterocycles. The van der Waals surface area contributed by atoms with Crippen LogP contribution in [0.1, 0.15) is 35.4 Å². The highest BCUT2D eigenvalue weighted by Gasteiger charge is 2.23. The number of hydrogen-bond donors (Lipinski definition) is 2. The zero-order valence-corrected chi connectivity index (χ0v) is 18.9. The highest BCUT2D eigenvalue weighted by Crippen LogP contribution is 2.40. The summed E-state index contributed by atoms with van der Waals surface area (Å²) >= 11 is 0. The molecule has 0 bridgehead atoms. The number of aromatic amines is 1. The maximum atomic E-state index is 4.69. The maximum Gasteiger partial charge on any atom is 0.141 e. The Balaban J connectivity index is 1.37. The summed E-state index contributed by atoms with van der Waals surface area (Å²) < 4.78 is 0. The minimum atomic E-state index is 0.774. The molecule has 2 heterocycles. The number of benzene rings is 3. The van der Waals surface area contributed by atoms with Gasteiger partial charge in [0.2, 0.25) is 0 Å². The summed E-state index contributed by atoms with van der Waals surface area (Å²) in [5.74, 6) is 0.774. The van der Waals surface area contributed by atoms with Crippen LogP contribution in [0.15, 0.2) is 79.1 Å². The summed E-state index contributed by atoms with van der Waals surface area (Å²) in [5.41, 5.74) is 11.2. The lowest BCUT2D eigenvalue weighted by Crippen LogP contribution is -1.96. The van der Waals surface area contributed by atoms with E-state index in [0.717, 1.165) is 50.8 Å². The average Bonchev–Trinajstić information content (AvgIpc) is 3.59. The predicted octanol–water partition coefficient (Wildman–Crippen LogP) is 7.53. The van der Waals surface area contributed by atoms with Crippen LogP contribution < -0.4 is 5.32 Å². The molecule has 3 aromatic carbocycles. The molecule has 6 rings (SSSR count). The van der Waals surface area contributed by atoms with E-state index in [-0.39, 0.29) is 0 Å². The third-order valence-electron chi connectivity index (χ3n) is 6.62. The van der Waals surface area contributed by atoms with Crippen molar-refractivity contribution in [2.24, 2.45) is 0 Å². The van der Waals surface area contributed by atoms with Crippen molar-refractivity contribution < 1.29 is 0 Å². The zero-order chi connectivity index (χ0) is 22.4. The molecule has 1 fully saturated rings. The van der Waals surface area contributed by atoms with Gasteiger partial charge >= 0.3 is 0 Å². The van der Waals surface area contributed by atoms with E-state index in [2.05, 4.69) is 107 Å². The zero-order valence-electron chi connectivity index (χ0n) is 18.9. The van der Waals surface area contributed by atoms with Gasteiger partial charge in [0, 0.05) is 28.0 Å². The number of hydrogen-bond acceptors (Lipinski definition) is 3. The quantitative estimate of drug-likeness (QED) is 0.303. The van der Waals surface area contributed by atoms with Gasteiger partial charge in [0.15, 0.2) is 0 Å². The van der Waals surface area contributed by atoms with Gasteiger partial charge in [0.1, 0.15) is 12.0 Å². The molecule has 0 saturated heterocycles. The number of aromatic nitrogens is 3. The van der Waals surface area contributed by atoms with Crippen LogP contribution in [-0.4, -0.2) is 15.0 Å². The third kappa shape index (κ3) is 3.78. The fraction of sp³-hybridized carbons (Fsp3) is 0.172. The number of aryl methyl sites for hydroxylation is 1. The molecule has 2 N–H and O–H groups in total. The summed E-state index contributed by atoms with van der Waals surface area (Å²) in [4.78, 5) is 12.7. The molecular weight excluding hydrogens is 404 g/mol. The van der Waals surface area contributed by atoms with Crippen LogP contribution >= 0.6 is 0 Å². The summed E-state index contributed by atoms with van der Waals surface area (Å²) in [5, 5.41) is 4.63. The fourth-order valence-corrected chi connectivity index (χ4v) is 4.48. The Morgan fingerprint density at radius 1 is 0.879 bits per heavy atom. The van der Waals surface area contributed by atoms with Crippen molar-refractivity contribution in [2.75, 3.05) is 5.32 Å². The minimum absolute atomic E-state index is 0.774. The molecule has 0 aliphatic heterocycles. The van der Waals surface area contributed by atoms with E-state index in [9.17, 15) is 0 Å². The topological polar surface area (TPSA) is 53.6 Å². The largest absolute Gasteiger partial charge is 0.355 e. The lowest BCUT2D eigenvalue weighted by molar-refractivity contribution is 1.13. The standard InChI is InChI=1S/C29H26N4/c1-18-6-8-22(9-7-18)27-16-25-28(30-17-31-29(25)33-27)24-4-3-5-26(19(24)2)32-23-14-12-21(13-15-23)20-10-11-20/h3-9,12-17,20,32H,10-11H2,1-2H3,(H,30,31,33). The van der Waals surface area contributed by atoms with Crippen molar-refractivity contribution in [1.82, 2.24) is 15.0 Å². The van der Waals surface area contributed by atoms with Gasteiger partial charge in [-0.2, -0.15) is 0 Å². The van der Waals surface area contributed by atoms with Crippen LogP contribution in [0.3, 0.4) is 0 Å². The Morgan fingerprint density at radius 2 is 1.67 bits per heavy atom. The molecule has 1 aliphatic carbocycles. The molecular formula is C29H26N4. The molecule has 0 atom stereocenters. The second kappa shape index (κ2) is 7.89. The van der Waals surface area contributed by atoms with Gasteiger partial charge in [-0.3, -0.25) is 0 Å². The van der Waals surface area contributed by atoms with E-state index in [0.29, 0.717) is 0 Å². The second-order valence-corrected chi connectivity index (χ2v) is 9.03. The number of nitrogens with zero attached hydrogens (tertiary/aromatic N) is 2. The lowest BCUT2D eigenvalue weighted by Gasteiger charge is -2.14. The number of nitrogens with one attached hydrogen (secondary N) is 2. The Labute approximate surface area is 193 Å². The van der Waals surface area contributed by atoms with Crippen LogP contribution in [0, 0.1) is 13.8 Å². The van der Waals surface area contributed by atoms with Crippen LogP contribution in [0.25, 0.3) is 33.5 Å². The van der Waals surface area contributed by atoms with Gasteiger partial charge < -0.3 is 10.3 Å². The van der Waals surface area contributed by atoms with Crippen molar-refractivity contribution in [1.29, 1.82) is 0 Å². The van der Waals surface area contributed by atoms with Crippen LogP contribution in [-0.2, 0) is 0 Å². The van der Waals surface area contributed by atoms with Crippen molar-refractivity contribution in [3.05, 3.63) is 95.8 Å². The first-order chi connectivity index (χ1) is 16.2. The normalized spacial score (nSPS) is 13.4. The molecule has 4 heteroatoms. The Morgan fingerprint density at radius 3 is 2.42 bits per heavy atom. The average molecular weight is 431 g/mol. The van der Waals surface area contributed by atoms with Crippen molar-refractivity contribution in [3.8, 4) is 22.5 Å². The molecule has 0 radical (unpaired) electrons. The van der Waals surface area contributed by atoms with E-state index < -0.39 is 0 Å². The first kappa shape index (κ1) is 19.7. The van der Waals surface area contributed by atoms with Gasteiger partial charge in [0.05, 0.1) is 5.69 Å². The number of rotatable bonds is 5. The van der Waals surface area contributed by atoms with Gasteiger partial charge in [0.25, 0.3) is 0 Å². The fourth-order valence-electron chi connectivity index (χ4n) is 4.48. The molecule has 0 unspecified atom stereocenters. The maximum absolute atomic E-state index is 4.69. The molecule has 162 valence electrons. The lowest BCUT2D eigenvalue weighted by atomic mass is 10.0. The highest BCUT2D eigenvalue weighted by molar-refractivity contribution is 5.95. The van der Waals surface area contributed by atoms with Crippen molar-refractivity contribution in [3.63, 3.8) is 0 Å². The van der Waals surface area contributed by atoms with Gasteiger partial charge in [-0.15, -0.1) is 0 Å². The molecule has 4 nitrogen and oxygen atoms in total. The Hall–Kier alpha value is -3.92. The second-order valence-electron chi connectivity index (χ2n) is 9.03. The predicted molar refractivity (Wildman–Crippen MR) is 136 cm³/mol. The molecule has 1 saturated carbocycles. The van der Waals surface area contributed by atoms with E-state index in [1.54, 1.807) is 6.33 Å². The third-order valence-corrected chi connectivity index (χ3v) is 6.62. The molecule has 0 spiro atoms. The highest BCUT2D eigenvalue weighted by atomic mass is 14.9.